The molecule has 1 saturated carbocycles. The number of fused-ring (bicyclic) bond motifs is 1. The quantitative estimate of drug-likeness (QED) is 0.330. The molecule has 3 aromatic rings. The van der Waals surface area contributed by atoms with Crippen LogP contribution >= 0.6 is 0 Å². The van der Waals surface area contributed by atoms with Crippen molar-refractivity contribution in [1.29, 1.82) is 0 Å². The van der Waals surface area contributed by atoms with Gasteiger partial charge in [-0.2, -0.15) is 5.10 Å². The van der Waals surface area contributed by atoms with Gasteiger partial charge in [0.05, 0.1) is 24.4 Å². The lowest BCUT2D eigenvalue weighted by Crippen LogP contribution is -2.53. The Labute approximate surface area is 242 Å². The number of benzene rings is 2. The average molecular weight is 563 g/mol. The number of nitrogens with zero attached hydrogens (tertiary/aromatic N) is 4. The van der Waals surface area contributed by atoms with Gasteiger partial charge in [0.1, 0.15) is 5.60 Å². The summed E-state index contributed by atoms with van der Waals surface area (Å²) in [6, 6.07) is 17.0. The molecule has 2 fully saturated rings. The molecule has 1 aliphatic heterocycles. The molecule has 5 rings (SSSR count). The average Bonchev–Trinajstić information content (AvgIpc) is 3.74. The summed E-state index contributed by atoms with van der Waals surface area (Å²) in [6.45, 7) is 8.36. The Morgan fingerprint density at radius 2 is 1.88 bits per heavy atom. The third-order valence-corrected chi connectivity index (χ3v) is 7.44. The van der Waals surface area contributed by atoms with Crippen LogP contribution in [0.2, 0.25) is 0 Å². The maximum atomic E-state index is 13.7. The number of carbonyl (C=O) groups excluding carboxylic acids is 2. The van der Waals surface area contributed by atoms with Crippen molar-refractivity contribution in [3.8, 4) is 0 Å². The first-order valence-corrected chi connectivity index (χ1v) is 14.6. The van der Waals surface area contributed by atoms with Gasteiger partial charge in [-0.25, -0.2) is 4.79 Å². The van der Waals surface area contributed by atoms with Gasteiger partial charge in [0.15, 0.2) is 6.10 Å². The minimum Gasteiger partial charge on any atom is -0.444 e. The molecule has 9 nitrogen and oxygen atoms in total. The molecule has 2 aromatic carbocycles. The number of hydrogen-bond donors (Lipinski definition) is 0. The molecule has 2 heterocycles. The van der Waals surface area contributed by atoms with Crippen LogP contribution in [0, 0.1) is 0 Å². The Bertz CT molecular complexity index is 1350. The SMILES string of the molecule is COCCCn1nc(Cc2ccccc2)c2ccc(CN(C(=O)[C@H]3CN(C(=O)OC(C)(C)C)CCO3)C3CC3)cc21. The van der Waals surface area contributed by atoms with E-state index in [0.717, 1.165) is 54.4 Å². The summed E-state index contributed by atoms with van der Waals surface area (Å²) in [4.78, 5) is 29.9. The highest BCUT2D eigenvalue weighted by atomic mass is 16.6. The monoisotopic (exact) mass is 562 g/mol. The number of amides is 2. The van der Waals surface area contributed by atoms with E-state index in [1.165, 1.54) is 5.56 Å². The fourth-order valence-corrected chi connectivity index (χ4v) is 5.28. The number of rotatable bonds is 10. The van der Waals surface area contributed by atoms with Crippen LogP contribution in [0.3, 0.4) is 0 Å². The summed E-state index contributed by atoms with van der Waals surface area (Å²) < 4.78 is 18.8. The molecule has 0 spiro atoms. The Hall–Kier alpha value is -3.43. The van der Waals surface area contributed by atoms with Gasteiger partial charge in [-0.1, -0.05) is 42.5 Å². The molecular weight excluding hydrogens is 520 g/mol. The summed E-state index contributed by atoms with van der Waals surface area (Å²) in [6.07, 6.45) is 2.47. The Morgan fingerprint density at radius 3 is 2.59 bits per heavy atom. The van der Waals surface area contributed by atoms with Gasteiger partial charge in [0.2, 0.25) is 0 Å². The van der Waals surface area contributed by atoms with Crippen LogP contribution in [0.4, 0.5) is 4.79 Å². The summed E-state index contributed by atoms with van der Waals surface area (Å²) in [5, 5.41) is 6.12. The molecule has 0 radical (unpaired) electrons. The van der Waals surface area contributed by atoms with Gasteiger partial charge in [0.25, 0.3) is 5.91 Å². The molecule has 220 valence electrons. The molecule has 9 heteroatoms. The Balaban J connectivity index is 1.35. The van der Waals surface area contributed by atoms with Gasteiger partial charge >= 0.3 is 6.09 Å². The highest BCUT2D eigenvalue weighted by Gasteiger charge is 2.39. The first-order chi connectivity index (χ1) is 19.7. The second kappa shape index (κ2) is 12.6. The van der Waals surface area contributed by atoms with E-state index in [2.05, 4.69) is 47.1 Å². The summed E-state index contributed by atoms with van der Waals surface area (Å²) in [5.74, 6) is -0.0702. The Morgan fingerprint density at radius 1 is 1.10 bits per heavy atom. The number of ether oxygens (including phenoxy) is 3. The van der Waals surface area contributed by atoms with Crippen LogP contribution in [0.15, 0.2) is 48.5 Å². The second-order valence-electron chi connectivity index (χ2n) is 12.0. The van der Waals surface area contributed by atoms with Crippen molar-refractivity contribution in [1.82, 2.24) is 19.6 Å². The van der Waals surface area contributed by atoms with Crippen LogP contribution in [0.5, 0.6) is 0 Å². The zero-order valence-electron chi connectivity index (χ0n) is 24.7. The normalized spacial score (nSPS) is 17.6. The summed E-state index contributed by atoms with van der Waals surface area (Å²) in [5.41, 5.74) is 3.79. The number of aromatic nitrogens is 2. The van der Waals surface area contributed by atoms with Crippen molar-refractivity contribution in [2.45, 2.75) is 77.3 Å². The molecule has 0 unspecified atom stereocenters. The van der Waals surface area contributed by atoms with E-state index in [-0.39, 0.29) is 18.5 Å². The van der Waals surface area contributed by atoms with Gasteiger partial charge in [0, 0.05) is 51.2 Å². The standard InChI is InChI=1S/C32H42N4O5/c1-32(2,3)41-31(38)34-16-18-40-29(22-34)30(37)35(25-12-13-25)21-24-11-14-26-27(19-23-9-6-5-7-10-23)33-36(28(26)20-24)15-8-17-39-4/h5-7,9-11,14,20,25,29H,8,12-13,15-19,21-22H2,1-4H3/t29-/m1/s1. The smallest absolute Gasteiger partial charge is 0.410 e. The van der Waals surface area contributed by atoms with Gasteiger partial charge in [-0.15, -0.1) is 0 Å². The predicted molar refractivity (Wildman–Crippen MR) is 157 cm³/mol. The van der Waals surface area contributed by atoms with E-state index in [9.17, 15) is 9.59 Å². The minimum absolute atomic E-state index is 0.0702. The van der Waals surface area contributed by atoms with Gasteiger partial charge < -0.3 is 24.0 Å². The van der Waals surface area contributed by atoms with Crippen LogP contribution < -0.4 is 0 Å². The van der Waals surface area contributed by atoms with Crippen LogP contribution in [0.1, 0.15) is 56.9 Å². The van der Waals surface area contributed by atoms with Gasteiger partial charge in [-0.3, -0.25) is 9.48 Å². The molecule has 1 saturated heterocycles. The van der Waals surface area contributed by atoms with Crippen molar-refractivity contribution in [2.75, 3.05) is 33.4 Å². The summed E-state index contributed by atoms with van der Waals surface area (Å²) in [7, 11) is 1.71. The first-order valence-electron chi connectivity index (χ1n) is 14.6. The number of aryl methyl sites for hydroxylation is 1. The van der Waals surface area contributed by atoms with Gasteiger partial charge in [-0.05, 0) is 57.2 Å². The lowest BCUT2D eigenvalue weighted by atomic mass is 10.1. The maximum absolute atomic E-state index is 13.7. The van der Waals surface area contributed by atoms with Crippen LogP contribution in [-0.2, 0) is 38.5 Å². The van der Waals surface area contributed by atoms with Crippen molar-refractivity contribution < 1.29 is 23.8 Å². The third-order valence-electron chi connectivity index (χ3n) is 7.44. The van der Waals surface area contributed by atoms with E-state index in [1.54, 1.807) is 12.0 Å². The zero-order chi connectivity index (χ0) is 29.0. The number of morpholine rings is 1. The number of methoxy groups -OCH3 is 1. The number of hydrogen-bond acceptors (Lipinski definition) is 6. The molecule has 0 N–H and O–H groups in total. The predicted octanol–water partition coefficient (Wildman–Crippen LogP) is 4.79. The molecule has 1 aliphatic carbocycles. The maximum Gasteiger partial charge on any atom is 0.410 e. The van der Waals surface area contributed by atoms with E-state index in [4.69, 9.17) is 19.3 Å². The largest absolute Gasteiger partial charge is 0.444 e. The highest BCUT2D eigenvalue weighted by molar-refractivity contribution is 5.84. The van der Waals surface area contributed by atoms with E-state index < -0.39 is 17.8 Å². The first kappa shape index (κ1) is 29.1. The van der Waals surface area contributed by atoms with Crippen molar-refractivity contribution >= 4 is 22.9 Å². The molecule has 2 aliphatic rings. The molecule has 1 aromatic heterocycles. The van der Waals surface area contributed by atoms with Crippen molar-refractivity contribution in [3.63, 3.8) is 0 Å². The van der Waals surface area contributed by atoms with Crippen molar-refractivity contribution in [2.24, 2.45) is 0 Å². The number of carbonyl (C=O) groups is 2. The second-order valence-corrected chi connectivity index (χ2v) is 12.0. The fourth-order valence-electron chi connectivity index (χ4n) is 5.28. The van der Waals surface area contributed by atoms with E-state index >= 15 is 0 Å². The van der Waals surface area contributed by atoms with Crippen molar-refractivity contribution in [3.05, 3.63) is 65.4 Å². The topological polar surface area (TPSA) is 86.1 Å². The minimum atomic E-state index is -0.697. The molecule has 2 amide bonds. The van der Waals surface area contributed by atoms with Crippen LogP contribution in [0.25, 0.3) is 10.9 Å². The van der Waals surface area contributed by atoms with Crippen LogP contribution in [-0.4, -0.2) is 82.7 Å². The third kappa shape index (κ3) is 7.45. The lowest BCUT2D eigenvalue weighted by Gasteiger charge is -2.36. The highest BCUT2D eigenvalue weighted by Crippen LogP contribution is 2.31. The molecule has 1 atom stereocenters. The zero-order valence-corrected chi connectivity index (χ0v) is 24.7. The van der Waals surface area contributed by atoms with E-state index in [0.29, 0.717) is 26.3 Å². The van der Waals surface area contributed by atoms with E-state index in [1.807, 2.05) is 31.7 Å². The summed E-state index contributed by atoms with van der Waals surface area (Å²) >= 11 is 0. The molecular formula is C32H42N4O5. The fraction of sp³-hybridized carbons (Fsp3) is 0.531. The Kier molecular flexibility index (Phi) is 8.94. The lowest BCUT2D eigenvalue weighted by molar-refractivity contribution is -0.150. The molecule has 41 heavy (non-hydrogen) atoms. The molecule has 0 bridgehead atoms.